The maximum atomic E-state index is 11.9. The van der Waals surface area contributed by atoms with Gasteiger partial charge in [-0.2, -0.15) is 4.98 Å². The van der Waals surface area contributed by atoms with Crippen LogP contribution < -0.4 is 5.32 Å². The van der Waals surface area contributed by atoms with E-state index in [0.29, 0.717) is 25.4 Å². The van der Waals surface area contributed by atoms with Crippen molar-refractivity contribution in [1.29, 1.82) is 0 Å². The van der Waals surface area contributed by atoms with Crippen LogP contribution in [0.1, 0.15) is 45.3 Å². The van der Waals surface area contributed by atoms with Gasteiger partial charge in [-0.3, -0.25) is 9.79 Å². The molecule has 1 aromatic rings. The predicted molar refractivity (Wildman–Crippen MR) is 110 cm³/mol. The fourth-order valence-corrected chi connectivity index (χ4v) is 2.89. The predicted octanol–water partition coefficient (Wildman–Crippen LogP) is 2.06. The zero-order chi connectivity index (χ0) is 18.4. The van der Waals surface area contributed by atoms with Gasteiger partial charge in [0, 0.05) is 32.0 Å². The smallest absolute Gasteiger partial charge is 0.310 e. The molecule has 0 aliphatic carbocycles. The monoisotopic (exact) mass is 479 g/mol. The summed E-state index contributed by atoms with van der Waals surface area (Å²) in [4.78, 5) is 23.0. The maximum Gasteiger partial charge on any atom is 0.310 e. The molecule has 1 aliphatic rings. The van der Waals surface area contributed by atoms with Gasteiger partial charge >= 0.3 is 5.97 Å². The van der Waals surface area contributed by atoms with Gasteiger partial charge in [-0.05, 0) is 12.8 Å². The molecular weight excluding hydrogens is 449 g/mol. The average Bonchev–Trinajstić information content (AvgIpc) is 3.20. The summed E-state index contributed by atoms with van der Waals surface area (Å²) < 4.78 is 10.1. The van der Waals surface area contributed by atoms with Gasteiger partial charge in [0.15, 0.2) is 11.8 Å². The molecule has 9 heteroatoms. The third-order valence-corrected chi connectivity index (χ3v) is 4.34. The third kappa shape index (κ3) is 5.82. The highest BCUT2D eigenvalue weighted by Gasteiger charge is 2.36. The number of methoxy groups -OCH3 is 1. The Bertz CT molecular complexity index is 605. The van der Waals surface area contributed by atoms with Crippen molar-refractivity contribution in [3.63, 3.8) is 0 Å². The number of halogens is 1. The molecule has 1 aromatic heterocycles. The second-order valence-electron chi connectivity index (χ2n) is 6.70. The van der Waals surface area contributed by atoms with Crippen molar-refractivity contribution in [2.45, 2.75) is 40.0 Å². The molecule has 2 atom stereocenters. The van der Waals surface area contributed by atoms with Crippen molar-refractivity contribution in [3.05, 3.63) is 11.7 Å². The number of nitrogens with one attached hydrogen (secondary N) is 1. The van der Waals surface area contributed by atoms with Crippen molar-refractivity contribution in [2.24, 2.45) is 16.8 Å². The Hall–Kier alpha value is -1.39. The van der Waals surface area contributed by atoms with Gasteiger partial charge in [-0.1, -0.05) is 25.9 Å². The lowest BCUT2D eigenvalue weighted by Crippen LogP contribution is -2.40. The van der Waals surface area contributed by atoms with Crippen molar-refractivity contribution in [2.75, 3.05) is 33.3 Å². The average molecular weight is 479 g/mol. The molecule has 0 saturated carbocycles. The van der Waals surface area contributed by atoms with Crippen LogP contribution in [-0.4, -0.2) is 60.3 Å². The minimum absolute atomic E-state index is 0. The van der Waals surface area contributed by atoms with Crippen LogP contribution in [0.2, 0.25) is 0 Å². The van der Waals surface area contributed by atoms with Crippen LogP contribution in [0.3, 0.4) is 0 Å². The van der Waals surface area contributed by atoms with Gasteiger partial charge in [0.25, 0.3) is 0 Å². The minimum Gasteiger partial charge on any atom is -0.469 e. The number of carbonyl (C=O) groups is 1. The summed E-state index contributed by atoms with van der Waals surface area (Å²) in [7, 11) is 1.44. The van der Waals surface area contributed by atoms with Crippen LogP contribution >= 0.6 is 24.0 Å². The molecule has 2 unspecified atom stereocenters. The molecule has 26 heavy (non-hydrogen) atoms. The number of guanidine groups is 1. The van der Waals surface area contributed by atoms with Crippen LogP contribution in [0.25, 0.3) is 0 Å². The number of hydrogen-bond acceptors (Lipinski definition) is 6. The third-order valence-electron chi connectivity index (χ3n) is 4.34. The molecular formula is C17H30IN5O3. The maximum absolute atomic E-state index is 11.9. The normalized spacial score (nSPS) is 20.2. The van der Waals surface area contributed by atoms with Crippen LogP contribution in [0, 0.1) is 11.8 Å². The molecule has 2 heterocycles. The Labute approximate surface area is 172 Å². The molecule has 0 spiro atoms. The lowest BCUT2D eigenvalue weighted by Gasteiger charge is -2.21. The zero-order valence-electron chi connectivity index (χ0n) is 16.2. The first-order valence-electron chi connectivity index (χ1n) is 8.89. The van der Waals surface area contributed by atoms with Gasteiger partial charge < -0.3 is 19.5 Å². The fourth-order valence-electron chi connectivity index (χ4n) is 2.89. The highest BCUT2D eigenvalue weighted by atomic mass is 127. The molecule has 1 aliphatic heterocycles. The summed E-state index contributed by atoms with van der Waals surface area (Å²) in [6.45, 7) is 10.9. The van der Waals surface area contributed by atoms with Crippen molar-refractivity contribution in [1.82, 2.24) is 20.4 Å². The molecule has 1 N–H and O–H groups in total. The summed E-state index contributed by atoms with van der Waals surface area (Å²) in [5, 5.41) is 7.25. The van der Waals surface area contributed by atoms with E-state index in [9.17, 15) is 4.79 Å². The molecule has 8 nitrogen and oxygen atoms in total. The van der Waals surface area contributed by atoms with Gasteiger partial charge in [-0.25, -0.2) is 0 Å². The van der Waals surface area contributed by atoms with Gasteiger partial charge in [0.1, 0.15) is 0 Å². The van der Waals surface area contributed by atoms with E-state index >= 15 is 0 Å². The standard InChI is InChI=1S/C17H29N5O3.HI/c1-6-18-17(22-9-12(4)13(10-22)16(23)24-5)19-8-7-14-20-15(11(2)3)21-25-14;/h11-13H,6-10H2,1-5H3,(H,18,19);1H. The van der Waals surface area contributed by atoms with Gasteiger partial charge in [0.2, 0.25) is 5.89 Å². The van der Waals surface area contributed by atoms with E-state index in [-0.39, 0.29) is 47.7 Å². The number of nitrogens with zero attached hydrogens (tertiary/aromatic N) is 4. The van der Waals surface area contributed by atoms with E-state index in [1.165, 1.54) is 7.11 Å². The molecule has 0 aromatic carbocycles. The van der Waals surface area contributed by atoms with Crippen LogP contribution in [0.4, 0.5) is 0 Å². The van der Waals surface area contributed by atoms with Crippen molar-refractivity contribution >= 4 is 35.9 Å². The lowest BCUT2D eigenvalue weighted by molar-refractivity contribution is -0.145. The quantitative estimate of drug-likeness (QED) is 0.289. The Morgan fingerprint density at radius 1 is 1.46 bits per heavy atom. The second-order valence-corrected chi connectivity index (χ2v) is 6.70. The molecule has 0 bridgehead atoms. The van der Waals surface area contributed by atoms with Gasteiger partial charge in [0.05, 0.1) is 19.6 Å². The Morgan fingerprint density at radius 2 is 2.19 bits per heavy atom. The number of likely N-dealkylation sites (tertiary alicyclic amines) is 1. The van der Waals surface area contributed by atoms with E-state index < -0.39 is 0 Å². The number of rotatable bonds is 6. The SMILES string of the molecule is CCNC(=NCCc1nc(C(C)C)no1)N1CC(C)C(C(=O)OC)C1.I. The summed E-state index contributed by atoms with van der Waals surface area (Å²) in [6, 6.07) is 0. The van der Waals surface area contributed by atoms with Crippen LogP contribution in [0.5, 0.6) is 0 Å². The minimum atomic E-state index is -0.155. The summed E-state index contributed by atoms with van der Waals surface area (Å²) in [5.41, 5.74) is 0. The second kappa shape index (κ2) is 10.7. The molecule has 2 rings (SSSR count). The first-order valence-corrected chi connectivity index (χ1v) is 8.89. The highest BCUT2D eigenvalue weighted by Crippen LogP contribution is 2.24. The number of aromatic nitrogens is 2. The molecule has 148 valence electrons. The highest BCUT2D eigenvalue weighted by molar-refractivity contribution is 14.0. The summed E-state index contributed by atoms with van der Waals surface area (Å²) >= 11 is 0. The van der Waals surface area contributed by atoms with Crippen LogP contribution in [0.15, 0.2) is 9.52 Å². The number of carbonyl (C=O) groups excluding carboxylic acids is 1. The number of ether oxygens (including phenoxy) is 1. The van der Waals surface area contributed by atoms with E-state index in [0.717, 1.165) is 24.9 Å². The lowest BCUT2D eigenvalue weighted by atomic mass is 9.99. The van der Waals surface area contributed by atoms with E-state index in [4.69, 9.17) is 9.26 Å². The van der Waals surface area contributed by atoms with Crippen molar-refractivity contribution < 1.29 is 14.1 Å². The van der Waals surface area contributed by atoms with Crippen molar-refractivity contribution in [3.8, 4) is 0 Å². The molecule has 1 saturated heterocycles. The Balaban J connectivity index is 0.00000338. The fraction of sp³-hybridized carbons (Fsp3) is 0.765. The molecule has 0 radical (unpaired) electrons. The topological polar surface area (TPSA) is 92.9 Å². The first kappa shape index (κ1) is 22.7. The molecule has 0 amide bonds. The number of hydrogen-bond donors (Lipinski definition) is 1. The van der Waals surface area contributed by atoms with E-state index in [1.807, 2.05) is 20.8 Å². The van der Waals surface area contributed by atoms with Crippen LogP contribution in [-0.2, 0) is 16.0 Å². The Kier molecular flexibility index (Phi) is 9.31. The molecule has 1 fully saturated rings. The summed E-state index contributed by atoms with van der Waals surface area (Å²) in [5.74, 6) is 2.35. The van der Waals surface area contributed by atoms with E-state index in [2.05, 4.69) is 32.3 Å². The summed E-state index contributed by atoms with van der Waals surface area (Å²) in [6.07, 6.45) is 0.596. The zero-order valence-corrected chi connectivity index (χ0v) is 18.5. The largest absolute Gasteiger partial charge is 0.469 e. The Morgan fingerprint density at radius 3 is 2.77 bits per heavy atom. The first-order chi connectivity index (χ1) is 12.0. The number of aliphatic imine (C=N–C) groups is 1. The number of esters is 1. The van der Waals surface area contributed by atoms with Gasteiger partial charge in [-0.15, -0.1) is 24.0 Å². The van der Waals surface area contributed by atoms with E-state index in [1.54, 1.807) is 0 Å².